The van der Waals surface area contributed by atoms with Crippen molar-refractivity contribution in [2.75, 3.05) is 0 Å². The smallest absolute Gasteiger partial charge is 0.313 e. The van der Waals surface area contributed by atoms with Crippen LogP contribution in [-0.4, -0.2) is 15.9 Å². The first kappa shape index (κ1) is 30.0. The van der Waals surface area contributed by atoms with Crippen molar-refractivity contribution in [2.45, 2.75) is 112 Å². The van der Waals surface area contributed by atoms with Gasteiger partial charge in [0.05, 0.1) is 17.4 Å². The van der Waals surface area contributed by atoms with Gasteiger partial charge in [0.1, 0.15) is 6.61 Å². The Kier molecular flexibility index (Phi) is 6.75. The number of hydrogen-bond acceptors (Lipinski definition) is 4. The number of nitrogens with zero attached hydrogens (tertiary/aromatic N) is 1. The summed E-state index contributed by atoms with van der Waals surface area (Å²) in [5.74, 6) is 2.17. The third-order valence-electron chi connectivity index (χ3n) is 14.9. The zero-order chi connectivity index (χ0) is 31.3. The lowest BCUT2D eigenvalue weighted by molar-refractivity contribution is -0.184. The molecule has 3 saturated carbocycles. The molecule has 9 atom stereocenters. The molecule has 236 valence electrons. The first-order valence-electron chi connectivity index (χ1n) is 17.3. The molecule has 7 rings (SSSR count). The fraction of sp³-hybridized carbons (Fsp3) is 0.667. The van der Waals surface area contributed by atoms with Crippen molar-refractivity contribution in [2.24, 2.45) is 51.2 Å². The highest BCUT2D eigenvalue weighted by Crippen LogP contribution is 2.75. The summed E-state index contributed by atoms with van der Waals surface area (Å²) in [7, 11) is 0. The summed E-state index contributed by atoms with van der Waals surface area (Å²) in [5.41, 5.74) is 4.05. The van der Waals surface area contributed by atoms with Crippen molar-refractivity contribution < 1.29 is 9.53 Å². The van der Waals surface area contributed by atoms with E-state index in [4.69, 9.17) is 9.72 Å². The van der Waals surface area contributed by atoms with Crippen molar-refractivity contribution in [3.8, 4) is 0 Å². The van der Waals surface area contributed by atoms with Crippen molar-refractivity contribution in [1.82, 2.24) is 9.97 Å². The van der Waals surface area contributed by atoms with E-state index in [-0.39, 0.29) is 39.1 Å². The first-order chi connectivity index (χ1) is 20.8. The molecule has 0 amide bonds. The number of aromatic amines is 1. The normalized spacial score (nSPS) is 42.0. The second kappa shape index (κ2) is 9.90. The number of hydrogen-bond donors (Lipinski definition) is 1. The monoisotopic (exact) mass is 596 g/mol. The van der Waals surface area contributed by atoms with Gasteiger partial charge < -0.3 is 9.72 Å². The summed E-state index contributed by atoms with van der Waals surface area (Å²) >= 11 is 0. The van der Waals surface area contributed by atoms with E-state index in [1.54, 1.807) is 11.9 Å². The Labute approximate surface area is 263 Å². The third kappa shape index (κ3) is 3.86. The Bertz CT molecular complexity index is 1560. The van der Waals surface area contributed by atoms with E-state index < -0.39 is 5.41 Å². The molecule has 5 aliphatic carbocycles. The van der Waals surface area contributed by atoms with Crippen LogP contribution in [0, 0.1) is 51.2 Å². The number of aromatic nitrogens is 2. The van der Waals surface area contributed by atoms with Gasteiger partial charge in [0, 0.05) is 11.0 Å². The van der Waals surface area contributed by atoms with Crippen LogP contribution in [0.1, 0.15) is 110 Å². The fourth-order valence-electron chi connectivity index (χ4n) is 12.2. The number of H-pyrrole nitrogens is 1. The average molecular weight is 597 g/mol. The molecule has 1 aromatic carbocycles. The van der Waals surface area contributed by atoms with E-state index in [9.17, 15) is 9.59 Å². The van der Waals surface area contributed by atoms with E-state index in [0.717, 1.165) is 61.8 Å². The van der Waals surface area contributed by atoms with Crippen molar-refractivity contribution >= 4 is 5.97 Å². The van der Waals surface area contributed by atoms with Crippen LogP contribution >= 0.6 is 0 Å². The van der Waals surface area contributed by atoms with E-state index in [0.29, 0.717) is 30.3 Å². The Morgan fingerprint density at radius 1 is 0.977 bits per heavy atom. The molecule has 44 heavy (non-hydrogen) atoms. The number of rotatable bonds is 3. The predicted octanol–water partition coefficient (Wildman–Crippen LogP) is 8.18. The van der Waals surface area contributed by atoms with Crippen LogP contribution < -0.4 is 5.56 Å². The van der Waals surface area contributed by atoms with Gasteiger partial charge in [0.15, 0.2) is 0 Å². The highest BCUT2D eigenvalue weighted by molar-refractivity contribution is 5.79. The highest BCUT2D eigenvalue weighted by atomic mass is 16.5. The first-order valence-corrected chi connectivity index (χ1v) is 17.3. The minimum atomic E-state index is -0.443. The van der Waals surface area contributed by atoms with Gasteiger partial charge in [-0.15, -0.1) is 0 Å². The number of allylic oxidation sites excluding steroid dienone is 2. The van der Waals surface area contributed by atoms with E-state index in [1.807, 2.05) is 30.3 Å². The number of carbonyl (C=O) groups is 1. The minimum absolute atomic E-state index is 0.000798. The summed E-state index contributed by atoms with van der Waals surface area (Å²) < 4.78 is 6.21. The van der Waals surface area contributed by atoms with Crippen LogP contribution in [0.2, 0.25) is 0 Å². The van der Waals surface area contributed by atoms with Gasteiger partial charge in [0.25, 0.3) is 5.56 Å². The topological polar surface area (TPSA) is 72.0 Å². The number of esters is 1. The van der Waals surface area contributed by atoms with Crippen molar-refractivity contribution in [1.29, 1.82) is 0 Å². The Hall–Kier alpha value is -2.69. The molecule has 0 aliphatic heterocycles. The average Bonchev–Trinajstić information content (AvgIpc) is 2.99. The number of carbonyl (C=O) groups excluding carboxylic acids is 1. The minimum Gasteiger partial charge on any atom is -0.460 e. The van der Waals surface area contributed by atoms with Gasteiger partial charge in [-0.25, -0.2) is 4.98 Å². The summed E-state index contributed by atoms with van der Waals surface area (Å²) in [4.78, 5) is 35.2. The zero-order valence-corrected chi connectivity index (χ0v) is 28.0. The fourth-order valence-corrected chi connectivity index (χ4v) is 12.2. The maximum atomic E-state index is 14.3. The quantitative estimate of drug-likeness (QED) is 0.286. The Balaban J connectivity index is 1.29. The highest BCUT2D eigenvalue weighted by Gasteiger charge is 2.69. The molecule has 0 bridgehead atoms. The molecule has 0 saturated heterocycles. The third-order valence-corrected chi connectivity index (χ3v) is 14.9. The molecule has 5 heteroatoms. The lowest BCUT2D eigenvalue weighted by Crippen LogP contribution is -2.65. The molecular weight excluding hydrogens is 544 g/mol. The van der Waals surface area contributed by atoms with Crippen LogP contribution in [-0.2, 0) is 28.0 Å². The van der Waals surface area contributed by atoms with E-state index >= 15 is 0 Å². The molecule has 1 aromatic heterocycles. The van der Waals surface area contributed by atoms with E-state index in [1.165, 1.54) is 6.42 Å². The van der Waals surface area contributed by atoms with Crippen LogP contribution in [0.25, 0.3) is 0 Å². The Morgan fingerprint density at radius 3 is 2.48 bits per heavy atom. The maximum Gasteiger partial charge on any atom is 0.313 e. The van der Waals surface area contributed by atoms with Crippen LogP contribution in [0.5, 0.6) is 0 Å². The van der Waals surface area contributed by atoms with Crippen LogP contribution in [0.4, 0.5) is 0 Å². The van der Waals surface area contributed by atoms with Gasteiger partial charge in [0.2, 0.25) is 0 Å². The molecule has 5 aliphatic rings. The van der Waals surface area contributed by atoms with Gasteiger partial charge in [-0.05, 0) is 103 Å². The van der Waals surface area contributed by atoms with Crippen molar-refractivity contribution in [3.63, 3.8) is 0 Å². The summed E-state index contributed by atoms with van der Waals surface area (Å²) in [5, 5.41) is 0. The Morgan fingerprint density at radius 2 is 1.73 bits per heavy atom. The van der Waals surface area contributed by atoms with Gasteiger partial charge in [-0.3, -0.25) is 9.59 Å². The standard InChI is InChI=1S/C39H52N2O3/c1-24-15-18-39(34(43)44-22-26-11-9-8-10-12-26)20-19-37(6)28(31(39)25(24)2)13-14-30-36(5)21-27-32(40-23-41-33(27)42)35(3,4)29(36)16-17-38(30,37)7/h8-13,23-25,29-31H,14-22H2,1-7H3,(H,40,41,42)/t24-,25-,29+,30-,31-,36+,37+,38-,39-/m0/s1. The number of ether oxygens (including phenoxy) is 1. The number of nitrogens with one attached hydrogen (secondary N) is 1. The van der Waals surface area contributed by atoms with Gasteiger partial charge in [-0.1, -0.05) is 90.4 Å². The lowest BCUT2D eigenvalue weighted by atomic mass is 9.33. The zero-order valence-electron chi connectivity index (χ0n) is 28.0. The summed E-state index contributed by atoms with van der Waals surface area (Å²) in [6.45, 7) is 17.4. The molecule has 0 unspecified atom stereocenters. The van der Waals surface area contributed by atoms with Gasteiger partial charge in [-0.2, -0.15) is 0 Å². The lowest BCUT2D eigenvalue weighted by Gasteiger charge is -2.70. The van der Waals surface area contributed by atoms with Crippen LogP contribution in [0.3, 0.4) is 0 Å². The second-order valence-corrected chi connectivity index (χ2v) is 16.8. The van der Waals surface area contributed by atoms with Gasteiger partial charge >= 0.3 is 5.97 Å². The van der Waals surface area contributed by atoms with Crippen molar-refractivity contribution in [3.05, 3.63) is 75.5 Å². The van der Waals surface area contributed by atoms with Crippen LogP contribution in [0.15, 0.2) is 53.1 Å². The largest absolute Gasteiger partial charge is 0.460 e. The number of fused-ring (bicyclic) bond motifs is 8. The summed E-state index contributed by atoms with van der Waals surface area (Å²) in [6, 6.07) is 10.1. The second-order valence-electron chi connectivity index (χ2n) is 16.8. The molecule has 2 aromatic rings. The van der Waals surface area contributed by atoms with E-state index in [2.05, 4.69) is 59.5 Å². The SMILES string of the molecule is C[C@@H]1[C@H]2C3=CC[C@H]4[C@]5(C)Cc6c(nc[nH]c6=O)C(C)(C)[C@H]5CC[C@]4(C)[C@]3(C)CC[C@@]2(C(=O)OCc2ccccc2)CC[C@@H]1C. The summed E-state index contributed by atoms with van der Waals surface area (Å²) in [6.07, 6.45) is 12.3. The predicted molar refractivity (Wildman–Crippen MR) is 174 cm³/mol. The molecular formula is C39H52N2O3. The molecule has 3 fully saturated rings. The molecule has 1 heterocycles. The number of benzene rings is 1. The molecule has 0 spiro atoms. The molecule has 1 N–H and O–H groups in total. The maximum absolute atomic E-state index is 14.3. The molecule has 0 radical (unpaired) electrons. The molecule has 5 nitrogen and oxygen atoms in total.